The molecule has 0 aliphatic heterocycles. The summed E-state index contributed by atoms with van der Waals surface area (Å²) < 4.78 is 6.23. The number of amides is 1. The highest BCUT2D eigenvalue weighted by Crippen LogP contribution is 2.40. The number of nitrogens with one attached hydrogen (secondary N) is 1. The van der Waals surface area contributed by atoms with Crippen LogP contribution in [0, 0.1) is 0 Å². The highest BCUT2D eigenvalue weighted by molar-refractivity contribution is 9.11. The fourth-order valence-electron chi connectivity index (χ4n) is 2.30. The normalized spacial score (nSPS) is 10.6. The van der Waals surface area contributed by atoms with Crippen LogP contribution in [-0.2, 0) is 0 Å². The Bertz CT molecular complexity index is 1030. The summed E-state index contributed by atoms with van der Waals surface area (Å²) in [6.07, 6.45) is 0. The SMILES string of the molecule is O=C(Nc1ccc(Cl)c(Oc2ccc(Cl)cc2)c1)c1c(O)c(Br)cc(Br)c1O. The van der Waals surface area contributed by atoms with Crippen LogP contribution in [0.5, 0.6) is 23.0 Å². The molecule has 28 heavy (non-hydrogen) atoms. The molecule has 144 valence electrons. The molecule has 0 aromatic heterocycles. The van der Waals surface area contributed by atoms with E-state index in [0.29, 0.717) is 27.2 Å². The van der Waals surface area contributed by atoms with Gasteiger partial charge in [-0.15, -0.1) is 0 Å². The highest BCUT2D eigenvalue weighted by atomic mass is 79.9. The van der Waals surface area contributed by atoms with Crippen LogP contribution in [0.15, 0.2) is 57.5 Å². The van der Waals surface area contributed by atoms with Gasteiger partial charge in [-0.2, -0.15) is 0 Å². The number of ether oxygens (including phenoxy) is 1. The molecule has 5 nitrogen and oxygen atoms in total. The van der Waals surface area contributed by atoms with E-state index in [1.165, 1.54) is 12.1 Å². The van der Waals surface area contributed by atoms with Gasteiger partial charge in [-0.1, -0.05) is 23.2 Å². The van der Waals surface area contributed by atoms with Gasteiger partial charge in [0.2, 0.25) is 0 Å². The first-order valence-electron chi connectivity index (χ1n) is 7.70. The van der Waals surface area contributed by atoms with Gasteiger partial charge in [0.1, 0.15) is 28.6 Å². The lowest BCUT2D eigenvalue weighted by Crippen LogP contribution is -2.13. The zero-order valence-corrected chi connectivity index (χ0v) is 18.5. The van der Waals surface area contributed by atoms with Crippen molar-refractivity contribution in [1.82, 2.24) is 0 Å². The molecule has 3 N–H and O–H groups in total. The molecule has 0 aliphatic rings. The average Bonchev–Trinajstić information content (AvgIpc) is 2.65. The highest BCUT2D eigenvalue weighted by Gasteiger charge is 2.22. The Kier molecular flexibility index (Phi) is 6.40. The number of rotatable bonds is 4. The number of anilines is 1. The topological polar surface area (TPSA) is 78.8 Å². The minimum Gasteiger partial charge on any atom is -0.506 e. The lowest BCUT2D eigenvalue weighted by molar-refractivity contribution is 0.102. The lowest BCUT2D eigenvalue weighted by atomic mass is 10.1. The molecule has 0 heterocycles. The number of aromatic hydroxyl groups is 2. The molecular formula is C19H11Br2Cl2NO4. The molecule has 3 aromatic rings. The quantitative estimate of drug-likeness (QED) is 0.329. The van der Waals surface area contributed by atoms with E-state index in [-0.39, 0.29) is 26.0 Å². The number of hydrogen-bond donors (Lipinski definition) is 3. The van der Waals surface area contributed by atoms with Crippen LogP contribution >= 0.6 is 55.1 Å². The second-order valence-electron chi connectivity index (χ2n) is 5.57. The Hall–Kier alpha value is -1.93. The maximum Gasteiger partial charge on any atom is 0.263 e. The van der Waals surface area contributed by atoms with Gasteiger partial charge in [0.15, 0.2) is 0 Å². The predicted molar refractivity (Wildman–Crippen MR) is 116 cm³/mol. The van der Waals surface area contributed by atoms with E-state index in [0.717, 1.165) is 0 Å². The largest absolute Gasteiger partial charge is 0.506 e. The van der Waals surface area contributed by atoms with Gasteiger partial charge in [-0.25, -0.2) is 0 Å². The fraction of sp³-hybridized carbons (Fsp3) is 0. The third kappa shape index (κ3) is 4.55. The molecule has 3 aromatic carbocycles. The average molecular weight is 548 g/mol. The minimum atomic E-state index is -0.711. The maximum atomic E-state index is 12.6. The van der Waals surface area contributed by atoms with Crippen molar-refractivity contribution in [2.75, 3.05) is 5.32 Å². The zero-order chi connectivity index (χ0) is 20.4. The molecule has 0 saturated heterocycles. The van der Waals surface area contributed by atoms with Crippen LogP contribution in [0.1, 0.15) is 10.4 Å². The molecule has 0 spiro atoms. The van der Waals surface area contributed by atoms with Crippen molar-refractivity contribution in [2.45, 2.75) is 0 Å². The van der Waals surface area contributed by atoms with Crippen LogP contribution in [0.3, 0.4) is 0 Å². The Morgan fingerprint density at radius 2 is 1.54 bits per heavy atom. The van der Waals surface area contributed by atoms with E-state index < -0.39 is 5.91 Å². The van der Waals surface area contributed by atoms with Crippen molar-refractivity contribution < 1.29 is 19.7 Å². The second-order valence-corrected chi connectivity index (χ2v) is 8.12. The molecule has 0 aliphatic carbocycles. The Balaban J connectivity index is 1.87. The number of phenolic OH excluding ortho intramolecular Hbond substituents is 2. The summed E-state index contributed by atoms with van der Waals surface area (Å²) in [5.41, 5.74) is 0.0737. The van der Waals surface area contributed by atoms with Crippen LogP contribution in [0.25, 0.3) is 0 Å². The van der Waals surface area contributed by atoms with Crippen LogP contribution in [0.2, 0.25) is 10.0 Å². The Morgan fingerprint density at radius 1 is 0.929 bits per heavy atom. The number of phenols is 2. The smallest absolute Gasteiger partial charge is 0.263 e. The standard InChI is InChI=1S/C19H11Br2Cl2NO4/c20-12-8-13(21)18(26)16(17(12)25)19(27)24-10-3-6-14(23)15(7-10)28-11-4-1-9(22)2-5-11/h1-8,25-26H,(H,24,27). The van der Waals surface area contributed by atoms with Gasteiger partial charge < -0.3 is 20.3 Å². The van der Waals surface area contributed by atoms with Gasteiger partial charge in [-0.3, -0.25) is 4.79 Å². The maximum absolute atomic E-state index is 12.6. The van der Waals surface area contributed by atoms with Crippen molar-refractivity contribution in [1.29, 1.82) is 0 Å². The summed E-state index contributed by atoms with van der Waals surface area (Å²) in [7, 11) is 0. The third-order valence-corrected chi connectivity index (χ3v) is 5.41. The Morgan fingerprint density at radius 3 is 2.14 bits per heavy atom. The van der Waals surface area contributed by atoms with Crippen molar-refractivity contribution in [3.05, 3.63) is 73.1 Å². The van der Waals surface area contributed by atoms with E-state index in [2.05, 4.69) is 37.2 Å². The van der Waals surface area contributed by atoms with E-state index in [1.54, 1.807) is 36.4 Å². The van der Waals surface area contributed by atoms with E-state index in [4.69, 9.17) is 27.9 Å². The van der Waals surface area contributed by atoms with Gasteiger partial charge >= 0.3 is 0 Å². The van der Waals surface area contributed by atoms with E-state index in [1.807, 2.05) is 0 Å². The number of carbonyl (C=O) groups excluding carboxylic acids is 1. The minimum absolute atomic E-state index is 0.255. The van der Waals surface area contributed by atoms with Crippen molar-refractivity contribution >= 4 is 66.7 Å². The summed E-state index contributed by atoms with van der Waals surface area (Å²) in [5, 5.41) is 23.7. The fourth-order valence-corrected chi connectivity index (χ4v) is 3.74. The van der Waals surface area contributed by atoms with Gasteiger partial charge in [0.25, 0.3) is 5.91 Å². The predicted octanol–water partition coefficient (Wildman–Crippen LogP) is 6.97. The van der Waals surface area contributed by atoms with Crippen LogP contribution in [0.4, 0.5) is 5.69 Å². The molecule has 0 atom stereocenters. The summed E-state index contributed by atoms with van der Waals surface area (Å²) >= 11 is 18.3. The first-order chi connectivity index (χ1) is 13.3. The third-order valence-electron chi connectivity index (χ3n) is 3.64. The number of benzene rings is 3. The molecule has 0 radical (unpaired) electrons. The molecule has 0 unspecified atom stereocenters. The number of hydrogen-bond acceptors (Lipinski definition) is 4. The second kappa shape index (κ2) is 8.61. The molecule has 0 saturated carbocycles. The zero-order valence-electron chi connectivity index (χ0n) is 13.8. The summed E-state index contributed by atoms with van der Waals surface area (Å²) in [6.45, 7) is 0. The number of carbonyl (C=O) groups is 1. The first kappa shape index (κ1) is 20.8. The van der Waals surface area contributed by atoms with Crippen molar-refractivity contribution in [3.63, 3.8) is 0 Å². The van der Waals surface area contributed by atoms with Crippen molar-refractivity contribution in [2.24, 2.45) is 0 Å². The Labute approximate surface area is 187 Å². The van der Waals surface area contributed by atoms with Gasteiger partial charge in [-0.05, 0) is 74.3 Å². The summed E-state index contributed by atoms with van der Waals surface area (Å²) in [5.74, 6) is -0.655. The van der Waals surface area contributed by atoms with Crippen LogP contribution in [-0.4, -0.2) is 16.1 Å². The van der Waals surface area contributed by atoms with Crippen LogP contribution < -0.4 is 10.1 Å². The molecule has 3 rings (SSSR count). The summed E-state index contributed by atoms with van der Waals surface area (Å²) in [6, 6.07) is 12.8. The molecular weight excluding hydrogens is 537 g/mol. The molecule has 1 amide bonds. The van der Waals surface area contributed by atoms with Gasteiger partial charge in [0.05, 0.1) is 14.0 Å². The molecule has 0 fully saturated rings. The molecule has 0 bridgehead atoms. The monoisotopic (exact) mass is 545 g/mol. The van der Waals surface area contributed by atoms with Gasteiger partial charge in [0, 0.05) is 16.8 Å². The summed E-state index contributed by atoms with van der Waals surface area (Å²) in [4.78, 5) is 12.6. The molecule has 9 heteroatoms. The lowest BCUT2D eigenvalue weighted by Gasteiger charge is -2.13. The van der Waals surface area contributed by atoms with E-state index in [9.17, 15) is 15.0 Å². The number of halogens is 4. The van der Waals surface area contributed by atoms with Crippen molar-refractivity contribution in [3.8, 4) is 23.0 Å². The first-order valence-corrected chi connectivity index (χ1v) is 10.0. The van der Waals surface area contributed by atoms with E-state index >= 15 is 0 Å².